The molecule has 0 spiro atoms. The van der Waals surface area contributed by atoms with E-state index in [1.165, 1.54) is 11.9 Å². The monoisotopic (exact) mass is 341 g/mol. The topological polar surface area (TPSA) is 61.0 Å². The van der Waals surface area contributed by atoms with Gasteiger partial charge >= 0.3 is 0 Å². The first kappa shape index (κ1) is 12.1. The van der Waals surface area contributed by atoms with Gasteiger partial charge in [-0.2, -0.15) is 0 Å². The fourth-order valence-corrected chi connectivity index (χ4v) is 1.80. The van der Waals surface area contributed by atoms with Gasteiger partial charge in [0.2, 0.25) is 5.88 Å². The third-order valence-electron chi connectivity index (χ3n) is 2.32. The van der Waals surface area contributed by atoms with E-state index in [4.69, 9.17) is 10.5 Å². The predicted molar refractivity (Wildman–Crippen MR) is 75.1 cm³/mol. The maximum atomic E-state index is 5.92. The van der Waals surface area contributed by atoms with Gasteiger partial charge in [0.15, 0.2) is 5.75 Å². The molecule has 0 atom stereocenters. The first-order valence-electron chi connectivity index (χ1n) is 5.22. The molecule has 0 aliphatic rings. The lowest BCUT2D eigenvalue weighted by atomic mass is 10.1. The Kier molecular flexibility index (Phi) is 3.78. The van der Waals surface area contributed by atoms with Crippen molar-refractivity contribution >= 4 is 28.3 Å². The number of aromatic nitrogens is 2. The molecular formula is C12H12IN3O. The molecule has 1 heterocycles. The Hall–Kier alpha value is -1.37. The van der Waals surface area contributed by atoms with E-state index in [1.54, 1.807) is 6.20 Å². The third-order valence-corrected chi connectivity index (χ3v) is 3.06. The van der Waals surface area contributed by atoms with Crippen LogP contribution < -0.4 is 10.5 Å². The molecule has 17 heavy (non-hydrogen) atoms. The molecule has 2 rings (SSSR count). The molecule has 0 aliphatic heterocycles. The van der Waals surface area contributed by atoms with Crippen molar-refractivity contribution < 1.29 is 4.74 Å². The zero-order chi connectivity index (χ0) is 12.3. The Morgan fingerprint density at radius 1 is 1.41 bits per heavy atom. The number of nitrogen functional groups attached to an aromatic ring is 1. The number of anilines is 1. The molecule has 0 saturated carbocycles. The Balaban J connectivity index is 2.28. The van der Waals surface area contributed by atoms with Gasteiger partial charge in [-0.1, -0.05) is 13.0 Å². The highest BCUT2D eigenvalue weighted by Crippen LogP contribution is 2.29. The minimum absolute atomic E-state index is 0.525. The molecule has 1 aromatic carbocycles. The van der Waals surface area contributed by atoms with Crippen LogP contribution in [-0.4, -0.2) is 9.97 Å². The van der Waals surface area contributed by atoms with Crippen LogP contribution in [0.25, 0.3) is 0 Å². The van der Waals surface area contributed by atoms with E-state index >= 15 is 0 Å². The second kappa shape index (κ2) is 5.31. The van der Waals surface area contributed by atoms with E-state index in [0.29, 0.717) is 17.3 Å². The van der Waals surface area contributed by atoms with Crippen LogP contribution in [0, 0.1) is 3.57 Å². The molecule has 2 aromatic rings. The van der Waals surface area contributed by atoms with Gasteiger partial charge < -0.3 is 10.5 Å². The SMILES string of the molecule is CCc1ccc(Oc2ncncc2I)c(N)c1. The van der Waals surface area contributed by atoms with Crippen molar-refractivity contribution in [3.05, 3.63) is 39.9 Å². The summed E-state index contributed by atoms with van der Waals surface area (Å²) in [7, 11) is 0. The summed E-state index contributed by atoms with van der Waals surface area (Å²) >= 11 is 2.12. The second-order valence-corrected chi connectivity index (χ2v) is 4.67. The number of nitrogens with two attached hydrogens (primary N) is 1. The van der Waals surface area contributed by atoms with Gasteiger partial charge in [-0.15, -0.1) is 0 Å². The van der Waals surface area contributed by atoms with Crippen LogP contribution in [0.1, 0.15) is 12.5 Å². The summed E-state index contributed by atoms with van der Waals surface area (Å²) in [5.74, 6) is 1.15. The number of nitrogens with zero attached hydrogens (tertiary/aromatic N) is 2. The summed E-state index contributed by atoms with van der Waals surface area (Å²) in [4.78, 5) is 7.97. The Morgan fingerprint density at radius 2 is 2.24 bits per heavy atom. The number of halogens is 1. The van der Waals surface area contributed by atoms with Gasteiger partial charge in [0.25, 0.3) is 0 Å². The zero-order valence-electron chi connectivity index (χ0n) is 9.35. The van der Waals surface area contributed by atoms with Crippen LogP contribution in [0.3, 0.4) is 0 Å². The van der Waals surface area contributed by atoms with E-state index in [-0.39, 0.29) is 0 Å². The lowest BCUT2D eigenvalue weighted by molar-refractivity contribution is 0.459. The van der Waals surface area contributed by atoms with Crippen LogP contribution in [0.4, 0.5) is 5.69 Å². The van der Waals surface area contributed by atoms with E-state index < -0.39 is 0 Å². The number of hydrogen-bond acceptors (Lipinski definition) is 4. The van der Waals surface area contributed by atoms with Crippen LogP contribution in [-0.2, 0) is 6.42 Å². The second-order valence-electron chi connectivity index (χ2n) is 3.50. The summed E-state index contributed by atoms with van der Waals surface area (Å²) in [5, 5.41) is 0. The third kappa shape index (κ3) is 2.85. The fourth-order valence-electron chi connectivity index (χ4n) is 1.39. The average molecular weight is 341 g/mol. The molecule has 88 valence electrons. The predicted octanol–water partition coefficient (Wildman–Crippen LogP) is 3.02. The number of rotatable bonds is 3. The standard InChI is InChI=1S/C12H12IN3O/c1-2-8-3-4-11(10(14)5-8)17-12-9(13)6-15-7-16-12/h3-7H,2,14H2,1H3. The summed E-state index contributed by atoms with van der Waals surface area (Å²) in [5.41, 5.74) is 7.74. The van der Waals surface area contributed by atoms with Crippen LogP contribution >= 0.6 is 22.6 Å². The molecule has 5 heteroatoms. The molecule has 0 amide bonds. The highest BCUT2D eigenvalue weighted by molar-refractivity contribution is 14.1. The number of aryl methyl sites for hydroxylation is 1. The number of benzene rings is 1. The van der Waals surface area contributed by atoms with E-state index in [0.717, 1.165) is 9.99 Å². The van der Waals surface area contributed by atoms with Crippen molar-refractivity contribution in [2.75, 3.05) is 5.73 Å². The Morgan fingerprint density at radius 3 is 2.88 bits per heavy atom. The smallest absolute Gasteiger partial charge is 0.235 e. The largest absolute Gasteiger partial charge is 0.436 e. The van der Waals surface area contributed by atoms with E-state index in [1.807, 2.05) is 18.2 Å². The van der Waals surface area contributed by atoms with Gasteiger partial charge in [-0.25, -0.2) is 9.97 Å². The van der Waals surface area contributed by atoms with Crippen molar-refractivity contribution in [1.29, 1.82) is 0 Å². The minimum atomic E-state index is 0.525. The quantitative estimate of drug-likeness (QED) is 0.689. The normalized spacial score (nSPS) is 10.2. The average Bonchev–Trinajstić information content (AvgIpc) is 2.34. The first-order valence-corrected chi connectivity index (χ1v) is 6.30. The van der Waals surface area contributed by atoms with Crippen LogP contribution in [0.5, 0.6) is 11.6 Å². The number of ether oxygens (including phenoxy) is 1. The van der Waals surface area contributed by atoms with Crippen molar-refractivity contribution in [2.24, 2.45) is 0 Å². The molecule has 0 fully saturated rings. The molecule has 0 radical (unpaired) electrons. The number of hydrogen-bond donors (Lipinski definition) is 1. The van der Waals surface area contributed by atoms with Crippen LogP contribution in [0.15, 0.2) is 30.7 Å². The molecular weight excluding hydrogens is 329 g/mol. The molecule has 2 N–H and O–H groups in total. The molecule has 0 bridgehead atoms. The summed E-state index contributed by atoms with van der Waals surface area (Å²) < 4.78 is 6.51. The molecule has 4 nitrogen and oxygen atoms in total. The summed E-state index contributed by atoms with van der Waals surface area (Å²) in [6.07, 6.45) is 4.10. The van der Waals surface area contributed by atoms with Crippen molar-refractivity contribution in [1.82, 2.24) is 9.97 Å². The van der Waals surface area contributed by atoms with Crippen molar-refractivity contribution in [2.45, 2.75) is 13.3 Å². The van der Waals surface area contributed by atoms with Gasteiger partial charge in [0.05, 0.1) is 9.26 Å². The summed E-state index contributed by atoms with van der Waals surface area (Å²) in [6, 6.07) is 5.79. The van der Waals surface area contributed by atoms with Gasteiger partial charge in [0, 0.05) is 6.20 Å². The summed E-state index contributed by atoms with van der Waals surface area (Å²) in [6.45, 7) is 2.09. The maximum Gasteiger partial charge on any atom is 0.235 e. The van der Waals surface area contributed by atoms with Crippen LogP contribution in [0.2, 0.25) is 0 Å². The van der Waals surface area contributed by atoms with Gasteiger partial charge in [-0.3, -0.25) is 0 Å². The molecule has 0 unspecified atom stereocenters. The lowest BCUT2D eigenvalue weighted by Crippen LogP contribution is -1.96. The fraction of sp³-hybridized carbons (Fsp3) is 0.167. The molecule has 0 aliphatic carbocycles. The van der Waals surface area contributed by atoms with Crippen molar-refractivity contribution in [3.8, 4) is 11.6 Å². The van der Waals surface area contributed by atoms with Gasteiger partial charge in [-0.05, 0) is 46.7 Å². The first-order chi connectivity index (χ1) is 8.20. The Labute approximate surface area is 113 Å². The minimum Gasteiger partial charge on any atom is -0.436 e. The maximum absolute atomic E-state index is 5.92. The Bertz CT molecular complexity index is 531. The van der Waals surface area contributed by atoms with E-state index in [9.17, 15) is 0 Å². The highest BCUT2D eigenvalue weighted by atomic mass is 127. The van der Waals surface area contributed by atoms with Gasteiger partial charge in [0.1, 0.15) is 6.33 Å². The molecule has 0 saturated heterocycles. The highest BCUT2D eigenvalue weighted by Gasteiger charge is 2.07. The molecule has 1 aromatic heterocycles. The lowest BCUT2D eigenvalue weighted by Gasteiger charge is -2.09. The zero-order valence-corrected chi connectivity index (χ0v) is 11.5. The van der Waals surface area contributed by atoms with E-state index in [2.05, 4.69) is 39.5 Å². The van der Waals surface area contributed by atoms with Crippen molar-refractivity contribution in [3.63, 3.8) is 0 Å².